The van der Waals surface area contributed by atoms with Gasteiger partial charge in [-0.1, -0.05) is 0 Å². The van der Waals surface area contributed by atoms with Gasteiger partial charge in [-0.25, -0.2) is 4.98 Å². The Bertz CT molecular complexity index is 560. The van der Waals surface area contributed by atoms with E-state index in [-0.39, 0.29) is 11.9 Å². The Balaban J connectivity index is 1.52. The van der Waals surface area contributed by atoms with E-state index < -0.39 is 0 Å². The normalized spacial score (nSPS) is 18.5. The lowest BCUT2D eigenvalue weighted by Crippen LogP contribution is -2.45. The Kier molecular flexibility index (Phi) is 4.31. The molecule has 0 bridgehead atoms. The average Bonchev–Trinajstić information content (AvgIpc) is 3.20. The molecule has 1 amide bonds. The standard InChI is InChI=1S/C14H19N5OS/c1-10(13(20)17-14-15-6-9-21-14)19-7-3-11(4-8-19)12-2-5-16-18-12/h2,5-6,9-11H,3-4,7-8H2,1H3,(H,16,18)(H,15,17,20)/t10-/m1/s1. The molecule has 2 aromatic rings. The van der Waals surface area contributed by atoms with Gasteiger partial charge in [-0.15, -0.1) is 11.3 Å². The van der Waals surface area contributed by atoms with Gasteiger partial charge in [0.2, 0.25) is 5.91 Å². The summed E-state index contributed by atoms with van der Waals surface area (Å²) >= 11 is 1.44. The van der Waals surface area contributed by atoms with E-state index in [9.17, 15) is 4.79 Å². The van der Waals surface area contributed by atoms with Gasteiger partial charge in [-0.2, -0.15) is 5.10 Å². The maximum Gasteiger partial charge on any atom is 0.243 e. The van der Waals surface area contributed by atoms with Crippen molar-refractivity contribution in [2.45, 2.75) is 31.7 Å². The van der Waals surface area contributed by atoms with E-state index >= 15 is 0 Å². The second-order valence-electron chi connectivity index (χ2n) is 5.32. The topological polar surface area (TPSA) is 73.9 Å². The summed E-state index contributed by atoms with van der Waals surface area (Å²) in [6.45, 7) is 3.81. The van der Waals surface area contributed by atoms with Crippen molar-refractivity contribution >= 4 is 22.4 Å². The number of piperidine rings is 1. The van der Waals surface area contributed by atoms with Gasteiger partial charge >= 0.3 is 0 Å². The Hall–Kier alpha value is -1.73. The number of hydrogen-bond acceptors (Lipinski definition) is 5. The van der Waals surface area contributed by atoms with Crippen LogP contribution in [0.5, 0.6) is 0 Å². The molecule has 0 aliphatic carbocycles. The van der Waals surface area contributed by atoms with Crippen molar-refractivity contribution in [2.24, 2.45) is 0 Å². The van der Waals surface area contributed by atoms with Gasteiger partial charge in [0.25, 0.3) is 0 Å². The van der Waals surface area contributed by atoms with Gasteiger partial charge in [0, 0.05) is 29.4 Å². The maximum atomic E-state index is 12.2. The molecule has 0 unspecified atom stereocenters. The molecule has 1 atom stereocenters. The molecule has 1 aliphatic rings. The molecule has 2 aromatic heterocycles. The zero-order valence-electron chi connectivity index (χ0n) is 12.0. The van der Waals surface area contributed by atoms with Gasteiger partial charge in [-0.3, -0.25) is 14.8 Å². The van der Waals surface area contributed by atoms with Crippen LogP contribution in [0.3, 0.4) is 0 Å². The van der Waals surface area contributed by atoms with Crippen LogP contribution in [0.4, 0.5) is 5.13 Å². The van der Waals surface area contributed by atoms with Crippen LogP contribution < -0.4 is 5.32 Å². The first-order valence-corrected chi connectivity index (χ1v) is 8.05. The number of amides is 1. The highest BCUT2D eigenvalue weighted by Gasteiger charge is 2.27. The third-order valence-electron chi connectivity index (χ3n) is 4.08. The molecule has 3 rings (SSSR count). The van der Waals surface area contributed by atoms with E-state index in [2.05, 4.69) is 25.4 Å². The summed E-state index contributed by atoms with van der Waals surface area (Å²) in [6, 6.07) is 1.91. The Labute approximate surface area is 127 Å². The molecule has 0 radical (unpaired) electrons. The number of nitrogens with zero attached hydrogens (tertiary/aromatic N) is 3. The van der Waals surface area contributed by atoms with E-state index in [0.29, 0.717) is 11.0 Å². The van der Waals surface area contributed by atoms with Crippen LogP contribution in [0, 0.1) is 0 Å². The zero-order chi connectivity index (χ0) is 14.7. The molecule has 1 saturated heterocycles. The van der Waals surface area contributed by atoms with Gasteiger partial charge in [0.15, 0.2) is 5.13 Å². The molecule has 6 nitrogen and oxygen atoms in total. The minimum absolute atomic E-state index is 0.0185. The number of likely N-dealkylation sites (tertiary alicyclic amines) is 1. The highest BCUT2D eigenvalue weighted by Crippen LogP contribution is 2.27. The molecular formula is C14H19N5OS. The summed E-state index contributed by atoms with van der Waals surface area (Å²) in [6.07, 6.45) is 5.60. The monoisotopic (exact) mass is 305 g/mol. The summed E-state index contributed by atoms with van der Waals surface area (Å²) in [5.41, 5.74) is 1.20. The number of carbonyl (C=O) groups excluding carboxylic acids is 1. The molecule has 1 fully saturated rings. The first kappa shape index (κ1) is 14.2. The molecule has 1 aliphatic heterocycles. The molecule has 7 heteroatoms. The first-order valence-electron chi connectivity index (χ1n) is 7.17. The lowest BCUT2D eigenvalue weighted by molar-refractivity contribution is -0.121. The Morgan fingerprint density at radius 2 is 2.29 bits per heavy atom. The van der Waals surface area contributed by atoms with E-state index in [1.807, 2.05) is 18.4 Å². The number of thiazole rings is 1. The van der Waals surface area contributed by atoms with Crippen molar-refractivity contribution in [1.29, 1.82) is 0 Å². The van der Waals surface area contributed by atoms with Gasteiger partial charge in [0.05, 0.1) is 6.04 Å². The molecule has 0 saturated carbocycles. The second kappa shape index (κ2) is 6.36. The molecule has 2 N–H and O–H groups in total. The number of nitrogens with one attached hydrogen (secondary N) is 2. The van der Waals surface area contributed by atoms with Gasteiger partial charge < -0.3 is 5.32 Å². The minimum atomic E-state index is -0.128. The number of H-pyrrole nitrogens is 1. The van der Waals surface area contributed by atoms with Crippen molar-refractivity contribution in [2.75, 3.05) is 18.4 Å². The lowest BCUT2D eigenvalue weighted by atomic mass is 9.93. The summed E-state index contributed by atoms with van der Waals surface area (Å²) in [4.78, 5) is 18.5. The Morgan fingerprint density at radius 3 is 2.90 bits per heavy atom. The lowest BCUT2D eigenvalue weighted by Gasteiger charge is -2.34. The third-order valence-corrected chi connectivity index (χ3v) is 4.77. The highest BCUT2D eigenvalue weighted by atomic mass is 32.1. The quantitative estimate of drug-likeness (QED) is 0.907. The molecule has 0 aromatic carbocycles. The number of anilines is 1. The molecule has 112 valence electrons. The third kappa shape index (κ3) is 3.30. The van der Waals surface area contributed by atoms with E-state index in [0.717, 1.165) is 25.9 Å². The summed E-state index contributed by atoms with van der Waals surface area (Å²) in [5.74, 6) is 0.544. The van der Waals surface area contributed by atoms with Crippen LogP contribution in [0.15, 0.2) is 23.8 Å². The van der Waals surface area contributed by atoms with Crippen LogP contribution >= 0.6 is 11.3 Å². The van der Waals surface area contributed by atoms with E-state index in [4.69, 9.17) is 0 Å². The zero-order valence-corrected chi connectivity index (χ0v) is 12.8. The summed E-state index contributed by atoms with van der Waals surface area (Å²) in [7, 11) is 0. The SMILES string of the molecule is C[C@H](C(=O)Nc1nccs1)N1CCC(c2ccn[nH]2)CC1. The van der Waals surface area contributed by atoms with Crippen LogP contribution in [0.1, 0.15) is 31.4 Å². The van der Waals surface area contributed by atoms with Crippen molar-refractivity contribution in [3.63, 3.8) is 0 Å². The fraction of sp³-hybridized carbons (Fsp3) is 0.500. The predicted molar refractivity (Wildman–Crippen MR) is 82.3 cm³/mol. The largest absolute Gasteiger partial charge is 0.301 e. The van der Waals surface area contributed by atoms with E-state index in [1.165, 1.54) is 17.0 Å². The van der Waals surface area contributed by atoms with Crippen molar-refractivity contribution in [1.82, 2.24) is 20.1 Å². The van der Waals surface area contributed by atoms with Crippen LogP contribution in [0.2, 0.25) is 0 Å². The molecule has 0 spiro atoms. The van der Waals surface area contributed by atoms with Crippen molar-refractivity contribution in [3.8, 4) is 0 Å². The number of rotatable bonds is 4. The number of carbonyl (C=O) groups is 1. The van der Waals surface area contributed by atoms with E-state index in [1.54, 1.807) is 12.4 Å². The van der Waals surface area contributed by atoms with Crippen LogP contribution in [0.25, 0.3) is 0 Å². The number of aromatic nitrogens is 3. The number of aromatic amines is 1. The van der Waals surface area contributed by atoms with Gasteiger partial charge in [-0.05, 0) is 38.9 Å². The van der Waals surface area contributed by atoms with Gasteiger partial charge in [0.1, 0.15) is 0 Å². The smallest absolute Gasteiger partial charge is 0.243 e. The fourth-order valence-corrected chi connectivity index (χ4v) is 3.28. The fourth-order valence-electron chi connectivity index (χ4n) is 2.75. The average molecular weight is 305 g/mol. The molecule has 21 heavy (non-hydrogen) atoms. The minimum Gasteiger partial charge on any atom is -0.301 e. The van der Waals surface area contributed by atoms with Crippen LogP contribution in [-0.4, -0.2) is 45.1 Å². The summed E-state index contributed by atoms with van der Waals surface area (Å²) in [5, 5.41) is 12.5. The number of hydrogen-bond donors (Lipinski definition) is 2. The highest BCUT2D eigenvalue weighted by molar-refractivity contribution is 7.13. The van der Waals surface area contributed by atoms with Crippen molar-refractivity contribution < 1.29 is 4.79 Å². The van der Waals surface area contributed by atoms with Crippen molar-refractivity contribution in [3.05, 3.63) is 29.5 Å². The molecule has 3 heterocycles. The first-order chi connectivity index (χ1) is 10.2. The maximum absolute atomic E-state index is 12.2. The second-order valence-corrected chi connectivity index (χ2v) is 6.22. The predicted octanol–water partition coefficient (Wildman–Crippen LogP) is 2.07. The molecular weight excluding hydrogens is 286 g/mol. The Morgan fingerprint density at radius 1 is 1.48 bits per heavy atom. The summed E-state index contributed by atoms with van der Waals surface area (Å²) < 4.78 is 0. The van der Waals surface area contributed by atoms with Crippen LogP contribution in [-0.2, 0) is 4.79 Å².